The smallest absolute Gasteiger partial charge is 0.221 e. The van der Waals surface area contributed by atoms with Crippen molar-refractivity contribution >= 4 is 23.6 Å². The van der Waals surface area contributed by atoms with E-state index in [1.807, 2.05) is 18.7 Å². The summed E-state index contributed by atoms with van der Waals surface area (Å²) >= 11 is 2.02. The lowest BCUT2D eigenvalue weighted by atomic mass is 10.2. The molecule has 0 aliphatic carbocycles. The van der Waals surface area contributed by atoms with Gasteiger partial charge in [-0.3, -0.25) is 9.79 Å². The van der Waals surface area contributed by atoms with Crippen LogP contribution in [0, 0.1) is 0 Å². The monoisotopic (exact) mass is 286 g/mol. The highest BCUT2D eigenvalue weighted by Crippen LogP contribution is 2.25. The zero-order valence-corrected chi connectivity index (χ0v) is 12.8. The number of nitrogens with zero attached hydrogens (tertiary/aromatic N) is 1. The van der Waals surface area contributed by atoms with Crippen LogP contribution in [0.25, 0.3) is 0 Å². The van der Waals surface area contributed by atoms with Crippen molar-refractivity contribution in [3.05, 3.63) is 0 Å². The first-order valence-corrected chi connectivity index (χ1v) is 8.14. The molecule has 5 nitrogen and oxygen atoms in total. The number of amides is 1. The molecule has 19 heavy (non-hydrogen) atoms. The Morgan fingerprint density at radius 3 is 2.79 bits per heavy atom. The van der Waals surface area contributed by atoms with Gasteiger partial charge in [0.25, 0.3) is 0 Å². The minimum absolute atomic E-state index is 0.0937. The molecule has 1 unspecified atom stereocenters. The Kier molecular flexibility index (Phi) is 8.45. The highest BCUT2D eigenvalue weighted by molar-refractivity contribution is 8.00. The lowest BCUT2D eigenvalue weighted by Crippen LogP contribution is -2.41. The predicted molar refractivity (Wildman–Crippen MR) is 82.8 cm³/mol. The second-order valence-corrected chi connectivity index (χ2v) is 6.02. The van der Waals surface area contributed by atoms with E-state index in [2.05, 4.69) is 20.9 Å². The summed E-state index contributed by atoms with van der Waals surface area (Å²) in [4.78, 5) is 15.6. The maximum Gasteiger partial charge on any atom is 0.221 e. The molecule has 1 rings (SSSR count). The van der Waals surface area contributed by atoms with Gasteiger partial charge < -0.3 is 16.0 Å². The molecule has 0 bridgehead atoms. The molecule has 1 heterocycles. The van der Waals surface area contributed by atoms with Gasteiger partial charge in [0.2, 0.25) is 5.91 Å². The topological polar surface area (TPSA) is 65.5 Å². The van der Waals surface area contributed by atoms with Crippen molar-refractivity contribution < 1.29 is 4.79 Å². The first kappa shape index (κ1) is 16.1. The third-order valence-electron chi connectivity index (χ3n) is 2.96. The van der Waals surface area contributed by atoms with Crippen molar-refractivity contribution in [2.45, 2.75) is 37.9 Å². The Labute approximate surface area is 120 Å². The van der Waals surface area contributed by atoms with Crippen molar-refractivity contribution in [1.82, 2.24) is 16.0 Å². The Morgan fingerprint density at radius 1 is 1.32 bits per heavy atom. The Morgan fingerprint density at radius 2 is 2.16 bits per heavy atom. The number of rotatable bonds is 7. The largest absolute Gasteiger partial charge is 0.356 e. The van der Waals surface area contributed by atoms with Crippen LogP contribution in [-0.4, -0.2) is 49.6 Å². The van der Waals surface area contributed by atoms with Crippen molar-refractivity contribution in [1.29, 1.82) is 0 Å². The van der Waals surface area contributed by atoms with Crippen molar-refractivity contribution in [3.8, 4) is 0 Å². The third-order valence-corrected chi connectivity index (χ3v) is 4.36. The summed E-state index contributed by atoms with van der Waals surface area (Å²) in [5.41, 5.74) is 0. The van der Waals surface area contributed by atoms with Gasteiger partial charge in [-0.05, 0) is 25.0 Å². The Bertz CT molecular complexity index is 290. The molecule has 1 aliphatic rings. The van der Waals surface area contributed by atoms with Crippen LogP contribution >= 0.6 is 11.8 Å². The molecular weight excluding hydrogens is 260 g/mol. The fraction of sp³-hybridized carbons (Fsp3) is 0.846. The van der Waals surface area contributed by atoms with Crippen LogP contribution in [0.15, 0.2) is 4.99 Å². The van der Waals surface area contributed by atoms with E-state index in [1.54, 1.807) is 7.05 Å². The van der Waals surface area contributed by atoms with Crippen LogP contribution in [-0.2, 0) is 4.79 Å². The standard InChI is InChI=1S/C13H26N4OS/c1-3-7-15-12(18)6-8-16-13(14-2)17-10-11-5-4-9-19-11/h11H,3-10H2,1-2H3,(H,15,18)(H2,14,16,17). The Balaban J connectivity index is 2.09. The molecular formula is C13H26N4OS. The SMILES string of the molecule is CCCNC(=O)CCNC(=NC)NCC1CCCS1. The van der Waals surface area contributed by atoms with E-state index < -0.39 is 0 Å². The van der Waals surface area contributed by atoms with Gasteiger partial charge in [0.15, 0.2) is 5.96 Å². The molecule has 3 N–H and O–H groups in total. The molecule has 1 amide bonds. The lowest BCUT2D eigenvalue weighted by molar-refractivity contribution is -0.120. The van der Waals surface area contributed by atoms with Crippen LogP contribution in [0.4, 0.5) is 0 Å². The molecule has 0 aromatic rings. The molecule has 0 saturated carbocycles. The summed E-state index contributed by atoms with van der Waals surface area (Å²) in [7, 11) is 1.76. The minimum Gasteiger partial charge on any atom is -0.356 e. The van der Waals surface area contributed by atoms with Gasteiger partial charge in [-0.25, -0.2) is 0 Å². The van der Waals surface area contributed by atoms with E-state index >= 15 is 0 Å². The summed E-state index contributed by atoms with van der Waals surface area (Å²) < 4.78 is 0. The summed E-state index contributed by atoms with van der Waals surface area (Å²) in [6, 6.07) is 0. The average molecular weight is 286 g/mol. The molecule has 1 aliphatic heterocycles. The highest BCUT2D eigenvalue weighted by atomic mass is 32.2. The third kappa shape index (κ3) is 7.30. The molecule has 0 aromatic heterocycles. The van der Waals surface area contributed by atoms with E-state index in [0.29, 0.717) is 18.2 Å². The van der Waals surface area contributed by atoms with Gasteiger partial charge in [0.05, 0.1) is 0 Å². The number of thioether (sulfide) groups is 1. The minimum atomic E-state index is 0.0937. The second-order valence-electron chi connectivity index (χ2n) is 4.61. The highest BCUT2D eigenvalue weighted by Gasteiger charge is 2.15. The maximum absolute atomic E-state index is 11.4. The fourth-order valence-corrected chi connectivity index (χ4v) is 3.08. The van der Waals surface area contributed by atoms with E-state index in [4.69, 9.17) is 0 Å². The number of guanidine groups is 1. The summed E-state index contributed by atoms with van der Waals surface area (Å²) in [6.07, 6.45) is 4.06. The van der Waals surface area contributed by atoms with Gasteiger partial charge in [-0.2, -0.15) is 11.8 Å². The molecule has 110 valence electrons. The number of carbonyl (C=O) groups is 1. The van der Waals surface area contributed by atoms with Gasteiger partial charge >= 0.3 is 0 Å². The average Bonchev–Trinajstić information content (AvgIpc) is 2.93. The zero-order valence-electron chi connectivity index (χ0n) is 12.0. The van der Waals surface area contributed by atoms with Gasteiger partial charge in [-0.1, -0.05) is 6.92 Å². The van der Waals surface area contributed by atoms with Crippen LogP contribution in [0.5, 0.6) is 0 Å². The lowest BCUT2D eigenvalue weighted by Gasteiger charge is -2.14. The van der Waals surface area contributed by atoms with Gasteiger partial charge in [0.1, 0.15) is 0 Å². The summed E-state index contributed by atoms with van der Waals surface area (Å²) in [5, 5.41) is 10.0. The molecule has 0 radical (unpaired) electrons. The van der Waals surface area contributed by atoms with E-state index in [1.165, 1.54) is 18.6 Å². The van der Waals surface area contributed by atoms with Crippen LogP contribution < -0.4 is 16.0 Å². The van der Waals surface area contributed by atoms with Gasteiger partial charge in [-0.15, -0.1) is 0 Å². The summed E-state index contributed by atoms with van der Waals surface area (Å²) in [6.45, 7) is 4.37. The van der Waals surface area contributed by atoms with Crippen molar-refractivity contribution in [2.75, 3.05) is 32.4 Å². The first-order chi connectivity index (χ1) is 9.26. The van der Waals surface area contributed by atoms with Crippen molar-refractivity contribution in [2.24, 2.45) is 4.99 Å². The molecule has 1 saturated heterocycles. The fourth-order valence-electron chi connectivity index (χ4n) is 1.88. The summed E-state index contributed by atoms with van der Waals surface area (Å²) in [5.74, 6) is 2.16. The van der Waals surface area contributed by atoms with E-state index in [-0.39, 0.29) is 5.91 Å². The normalized spacial score (nSPS) is 19.3. The van der Waals surface area contributed by atoms with Crippen LogP contribution in [0.2, 0.25) is 0 Å². The molecule has 6 heteroatoms. The molecule has 1 atom stereocenters. The Hall–Kier alpha value is -0.910. The number of nitrogens with one attached hydrogen (secondary N) is 3. The number of aliphatic imine (C=N–C) groups is 1. The second kappa shape index (κ2) is 9.95. The van der Waals surface area contributed by atoms with Gasteiger partial charge in [0, 0.05) is 38.4 Å². The van der Waals surface area contributed by atoms with E-state index in [9.17, 15) is 4.79 Å². The predicted octanol–water partition coefficient (Wildman–Crippen LogP) is 0.963. The number of hydrogen-bond donors (Lipinski definition) is 3. The molecule has 1 fully saturated rings. The molecule has 0 spiro atoms. The first-order valence-electron chi connectivity index (χ1n) is 7.09. The van der Waals surface area contributed by atoms with Crippen LogP contribution in [0.3, 0.4) is 0 Å². The zero-order chi connectivity index (χ0) is 13.9. The molecule has 0 aromatic carbocycles. The van der Waals surface area contributed by atoms with E-state index in [0.717, 1.165) is 25.5 Å². The quantitative estimate of drug-likeness (QED) is 0.482. The number of carbonyl (C=O) groups excluding carboxylic acids is 1. The van der Waals surface area contributed by atoms with Crippen molar-refractivity contribution in [3.63, 3.8) is 0 Å². The van der Waals surface area contributed by atoms with Crippen LogP contribution in [0.1, 0.15) is 32.6 Å². The number of hydrogen-bond acceptors (Lipinski definition) is 3. The maximum atomic E-state index is 11.4.